The average molecular weight is 336 g/mol. The fourth-order valence-electron chi connectivity index (χ4n) is 2.46. The molecular formula is C16H20N2O4S. The van der Waals surface area contributed by atoms with Gasteiger partial charge in [-0.1, -0.05) is 6.07 Å². The fourth-order valence-corrected chi connectivity index (χ4v) is 2.73. The Morgan fingerprint density at radius 2 is 1.96 bits per heavy atom. The number of esters is 1. The Bertz CT molecular complexity index is 657. The van der Waals surface area contributed by atoms with E-state index in [0.29, 0.717) is 34.5 Å². The van der Waals surface area contributed by atoms with Crippen molar-refractivity contribution in [2.75, 3.05) is 20.8 Å². The molecule has 1 aliphatic heterocycles. The molecule has 1 heterocycles. The Hall–Kier alpha value is -2.28. The van der Waals surface area contributed by atoms with Gasteiger partial charge < -0.3 is 24.8 Å². The van der Waals surface area contributed by atoms with Crippen LogP contribution in [0.5, 0.6) is 11.5 Å². The van der Waals surface area contributed by atoms with Gasteiger partial charge in [0.15, 0.2) is 16.6 Å². The molecule has 1 aromatic rings. The van der Waals surface area contributed by atoms with E-state index in [4.69, 9.17) is 26.4 Å². The second kappa shape index (κ2) is 7.32. The zero-order valence-electron chi connectivity index (χ0n) is 13.6. The molecular weight excluding hydrogens is 316 g/mol. The van der Waals surface area contributed by atoms with E-state index in [2.05, 4.69) is 10.6 Å². The van der Waals surface area contributed by atoms with Crippen molar-refractivity contribution in [1.82, 2.24) is 10.6 Å². The highest BCUT2D eigenvalue weighted by molar-refractivity contribution is 7.80. The Morgan fingerprint density at radius 3 is 2.57 bits per heavy atom. The first kappa shape index (κ1) is 17.1. The average Bonchev–Trinajstić information content (AvgIpc) is 2.53. The number of benzene rings is 1. The van der Waals surface area contributed by atoms with Gasteiger partial charge in [0.1, 0.15) is 0 Å². The van der Waals surface area contributed by atoms with Crippen LogP contribution in [0.1, 0.15) is 25.5 Å². The zero-order chi connectivity index (χ0) is 17.0. The van der Waals surface area contributed by atoms with Crippen molar-refractivity contribution in [3.63, 3.8) is 0 Å². The first-order chi connectivity index (χ1) is 11.0. The number of nitrogens with one attached hydrogen (secondary N) is 2. The van der Waals surface area contributed by atoms with Gasteiger partial charge in [0.25, 0.3) is 0 Å². The number of hydrogen-bond donors (Lipinski definition) is 2. The molecule has 6 nitrogen and oxygen atoms in total. The summed E-state index contributed by atoms with van der Waals surface area (Å²) < 4.78 is 15.7. The molecule has 0 amide bonds. The van der Waals surface area contributed by atoms with Gasteiger partial charge >= 0.3 is 5.97 Å². The van der Waals surface area contributed by atoms with Crippen molar-refractivity contribution < 1.29 is 19.0 Å². The van der Waals surface area contributed by atoms with E-state index < -0.39 is 6.04 Å². The van der Waals surface area contributed by atoms with Crippen LogP contribution in [-0.4, -0.2) is 31.9 Å². The molecule has 0 saturated carbocycles. The topological polar surface area (TPSA) is 68.8 Å². The number of rotatable bonds is 5. The number of methoxy groups -OCH3 is 2. The molecule has 2 N–H and O–H groups in total. The van der Waals surface area contributed by atoms with E-state index in [1.54, 1.807) is 34.1 Å². The summed E-state index contributed by atoms with van der Waals surface area (Å²) >= 11 is 5.21. The van der Waals surface area contributed by atoms with Crippen molar-refractivity contribution in [2.24, 2.45) is 0 Å². The molecule has 124 valence electrons. The van der Waals surface area contributed by atoms with Crippen LogP contribution >= 0.6 is 12.2 Å². The van der Waals surface area contributed by atoms with Crippen LogP contribution in [0.25, 0.3) is 0 Å². The van der Waals surface area contributed by atoms with Crippen molar-refractivity contribution in [2.45, 2.75) is 19.9 Å². The van der Waals surface area contributed by atoms with Gasteiger partial charge in [-0.15, -0.1) is 0 Å². The van der Waals surface area contributed by atoms with Crippen LogP contribution in [-0.2, 0) is 9.53 Å². The summed E-state index contributed by atoms with van der Waals surface area (Å²) in [5.74, 6) is 0.815. The molecule has 0 unspecified atom stereocenters. The van der Waals surface area contributed by atoms with E-state index in [-0.39, 0.29) is 5.97 Å². The number of ether oxygens (including phenoxy) is 3. The van der Waals surface area contributed by atoms with Gasteiger partial charge in [-0.25, -0.2) is 4.79 Å². The van der Waals surface area contributed by atoms with Crippen molar-refractivity contribution in [1.29, 1.82) is 0 Å². The summed E-state index contributed by atoms with van der Waals surface area (Å²) in [5.41, 5.74) is 1.99. The molecule has 0 spiro atoms. The van der Waals surface area contributed by atoms with E-state index in [1.807, 2.05) is 12.1 Å². The molecule has 0 aliphatic carbocycles. The lowest BCUT2D eigenvalue weighted by molar-refractivity contribution is -0.139. The quantitative estimate of drug-likeness (QED) is 0.630. The van der Waals surface area contributed by atoms with Gasteiger partial charge in [0.2, 0.25) is 0 Å². The fraction of sp³-hybridized carbons (Fsp3) is 0.375. The zero-order valence-corrected chi connectivity index (χ0v) is 14.4. The summed E-state index contributed by atoms with van der Waals surface area (Å²) in [6, 6.07) is 5.05. The molecule has 7 heteroatoms. The van der Waals surface area contributed by atoms with E-state index in [0.717, 1.165) is 5.56 Å². The summed E-state index contributed by atoms with van der Waals surface area (Å²) in [4.78, 5) is 12.3. The first-order valence-electron chi connectivity index (χ1n) is 7.19. The minimum atomic E-state index is -0.414. The van der Waals surface area contributed by atoms with Gasteiger partial charge in [0.05, 0.1) is 32.4 Å². The maximum atomic E-state index is 12.3. The molecule has 0 radical (unpaired) electrons. The van der Waals surface area contributed by atoms with Crippen LogP contribution in [0, 0.1) is 0 Å². The normalized spacial score (nSPS) is 17.2. The van der Waals surface area contributed by atoms with Crippen molar-refractivity contribution in [3.05, 3.63) is 35.0 Å². The van der Waals surface area contributed by atoms with E-state index in [9.17, 15) is 4.79 Å². The SMILES string of the molecule is CCOC(=O)C1=C(C)NC(=S)N[C@H]1c1ccc(OC)c(OC)c1. The molecule has 23 heavy (non-hydrogen) atoms. The molecule has 1 aliphatic rings. The van der Waals surface area contributed by atoms with Gasteiger partial charge in [0, 0.05) is 5.70 Å². The number of hydrogen-bond acceptors (Lipinski definition) is 5. The van der Waals surface area contributed by atoms with E-state index >= 15 is 0 Å². The predicted molar refractivity (Wildman–Crippen MR) is 90.5 cm³/mol. The maximum absolute atomic E-state index is 12.3. The minimum Gasteiger partial charge on any atom is -0.493 e. The molecule has 1 aromatic carbocycles. The monoisotopic (exact) mass is 336 g/mol. The van der Waals surface area contributed by atoms with Gasteiger partial charge in [-0.05, 0) is 43.8 Å². The summed E-state index contributed by atoms with van der Waals surface area (Å²) in [7, 11) is 3.14. The number of thiocarbonyl (C=S) groups is 1. The number of allylic oxidation sites excluding steroid dienone is 1. The Labute approximate surface area is 140 Å². The lowest BCUT2D eigenvalue weighted by Crippen LogP contribution is -2.45. The highest BCUT2D eigenvalue weighted by Crippen LogP contribution is 2.34. The maximum Gasteiger partial charge on any atom is 0.338 e. The van der Waals surface area contributed by atoms with Gasteiger partial charge in [-0.2, -0.15) is 0 Å². The highest BCUT2D eigenvalue weighted by Gasteiger charge is 2.31. The number of carbonyl (C=O) groups excluding carboxylic acids is 1. The minimum absolute atomic E-state index is 0.304. The Balaban J connectivity index is 2.47. The second-order valence-electron chi connectivity index (χ2n) is 4.91. The molecule has 0 bridgehead atoms. The standard InChI is InChI=1S/C16H20N2O4S/c1-5-22-15(19)13-9(2)17-16(23)18-14(13)10-6-7-11(20-3)12(8-10)21-4/h6-8,14H,5H2,1-4H3,(H2,17,18,23)/t14-/m0/s1. The molecule has 0 aromatic heterocycles. The third-order valence-corrected chi connectivity index (χ3v) is 3.73. The number of carbonyl (C=O) groups is 1. The Morgan fingerprint density at radius 1 is 1.26 bits per heavy atom. The summed E-state index contributed by atoms with van der Waals surface area (Å²) in [6.45, 7) is 3.87. The van der Waals surface area contributed by atoms with Gasteiger partial charge in [-0.3, -0.25) is 0 Å². The lowest BCUT2D eigenvalue weighted by atomic mass is 9.95. The van der Waals surface area contributed by atoms with Crippen molar-refractivity contribution >= 4 is 23.3 Å². The molecule has 1 atom stereocenters. The third-order valence-electron chi connectivity index (χ3n) is 3.51. The molecule has 2 rings (SSSR count). The van der Waals surface area contributed by atoms with Crippen LogP contribution in [0.4, 0.5) is 0 Å². The molecule has 0 saturated heterocycles. The smallest absolute Gasteiger partial charge is 0.338 e. The largest absolute Gasteiger partial charge is 0.493 e. The predicted octanol–water partition coefficient (Wildman–Crippen LogP) is 2.06. The van der Waals surface area contributed by atoms with Crippen molar-refractivity contribution in [3.8, 4) is 11.5 Å². The van der Waals surface area contributed by atoms with Crippen LogP contribution in [0.2, 0.25) is 0 Å². The molecule has 0 fully saturated rings. The van der Waals surface area contributed by atoms with E-state index in [1.165, 1.54) is 0 Å². The highest BCUT2D eigenvalue weighted by atomic mass is 32.1. The Kier molecular flexibility index (Phi) is 5.44. The first-order valence-corrected chi connectivity index (χ1v) is 7.60. The summed E-state index contributed by atoms with van der Waals surface area (Å²) in [5, 5.41) is 6.52. The summed E-state index contributed by atoms with van der Waals surface area (Å²) in [6.07, 6.45) is 0. The third kappa shape index (κ3) is 3.56. The van der Waals surface area contributed by atoms with Crippen LogP contribution in [0.3, 0.4) is 0 Å². The second-order valence-corrected chi connectivity index (χ2v) is 5.31. The van der Waals surface area contributed by atoms with Crippen LogP contribution in [0.15, 0.2) is 29.5 Å². The van der Waals surface area contributed by atoms with Crippen LogP contribution < -0.4 is 20.1 Å². The lowest BCUT2D eigenvalue weighted by Gasteiger charge is -2.30.